The predicted molar refractivity (Wildman–Crippen MR) is 142 cm³/mol. The molecule has 2 aromatic carbocycles. The van der Waals surface area contributed by atoms with Gasteiger partial charge in [-0.2, -0.15) is 0 Å². The minimum atomic E-state index is -0.182. The average molecular weight is 488 g/mol. The summed E-state index contributed by atoms with van der Waals surface area (Å²) in [5.74, 6) is 2.42. The summed E-state index contributed by atoms with van der Waals surface area (Å²) in [7, 11) is 3.27. The molecule has 1 aliphatic heterocycles. The third kappa shape index (κ3) is 6.13. The molecular weight excluding hydrogens is 454 g/mol. The van der Waals surface area contributed by atoms with E-state index in [2.05, 4.69) is 58.0 Å². The Balaban J connectivity index is 1.65. The first-order chi connectivity index (χ1) is 17.5. The van der Waals surface area contributed by atoms with Gasteiger partial charge in [-0.05, 0) is 59.0 Å². The Morgan fingerprint density at radius 1 is 1.06 bits per heavy atom. The molecule has 8 nitrogen and oxygen atoms in total. The number of rotatable bonds is 9. The van der Waals surface area contributed by atoms with Crippen molar-refractivity contribution in [3.8, 4) is 22.6 Å². The highest BCUT2D eigenvalue weighted by molar-refractivity contribution is 5.96. The highest BCUT2D eigenvalue weighted by Gasteiger charge is 2.15. The summed E-state index contributed by atoms with van der Waals surface area (Å²) in [4.78, 5) is 22.0. The first kappa shape index (κ1) is 25.0. The van der Waals surface area contributed by atoms with E-state index in [1.165, 1.54) is 5.56 Å². The number of guanidine groups is 1. The number of pyridine rings is 1. The average Bonchev–Trinajstić information content (AvgIpc) is 3.44. The SMILES string of the molecule is COc1ccnc(CNC(=O)c2cc(CNC3=NCCN3)cc(-c3cc(C(C)C)ccc3OC)c2)c1. The maximum Gasteiger partial charge on any atom is 0.251 e. The molecule has 1 aliphatic rings. The van der Waals surface area contributed by atoms with Crippen molar-refractivity contribution < 1.29 is 14.3 Å². The first-order valence-electron chi connectivity index (χ1n) is 12.1. The molecular formula is C28H33N5O3. The highest BCUT2D eigenvalue weighted by atomic mass is 16.5. The van der Waals surface area contributed by atoms with Crippen molar-refractivity contribution >= 4 is 11.9 Å². The molecule has 0 aliphatic carbocycles. The summed E-state index contributed by atoms with van der Waals surface area (Å²) < 4.78 is 10.9. The molecule has 0 fully saturated rings. The van der Waals surface area contributed by atoms with E-state index in [0.29, 0.717) is 30.3 Å². The Kier molecular flexibility index (Phi) is 8.05. The van der Waals surface area contributed by atoms with E-state index in [0.717, 1.165) is 47.2 Å². The Hall–Kier alpha value is -4.07. The number of aliphatic imine (C=N–C) groups is 1. The van der Waals surface area contributed by atoms with Gasteiger partial charge < -0.3 is 25.4 Å². The van der Waals surface area contributed by atoms with Crippen molar-refractivity contribution in [2.45, 2.75) is 32.9 Å². The van der Waals surface area contributed by atoms with Crippen molar-refractivity contribution in [2.75, 3.05) is 27.3 Å². The number of aromatic nitrogens is 1. The maximum atomic E-state index is 13.2. The zero-order valence-corrected chi connectivity index (χ0v) is 21.2. The molecule has 8 heteroatoms. The zero-order valence-electron chi connectivity index (χ0n) is 21.2. The Labute approximate surface area is 212 Å². The molecule has 0 saturated carbocycles. The number of hydrogen-bond acceptors (Lipinski definition) is 7. The number of benzene rings is 2. The number of carbonyl (C=O) groups excluding carboxylic acids is 1. The maximum absolute atomic E-state index is 13.2. The number of ether oxygens (including phenoxy) is 2. The molecule has 188 valence electrons. The smallest absolute Gasteiger partial charge is 0.251 e. The largest absolute Gasteiger partial charge is 0.497 e. The van der Waals surface area contributed by atoms with E-state index in [1.807, 2.05) is 24.3 Å². The lowest BCUT2D eigenvalue weighted by Gasteiger charge is -2.16. The summed E-state index contributed by atoms with van der Waals surface area (Å²) in [6.45, 7) is 6.73. The van der Waals surface area contributed by atoms with Crippen molar-refractivity contribution in [3.63, 3.8) is 0 Å². The monoisotopic (exact) mass is 487 g/mol. The van der Waals surface area contributed by atoms with Gasteiger partial charge in [0.05, 0.1) is 33.0 Å². The number of methoxy groups -OCH3 is 2. The fourth-order valence-corrected chi connectivity index (χ4v) is 4.05. The van der Waals surface area contributed by atoms with Gasteiger partial charge in [0, 0.05) is 36.5 Å². The molecule has 3 N–H and O–H groups in total. The molecule has 3 aromatic rings. The van der Waals surface area contributed by atoms with Gasteiger partial charge in [0.1, 0.15) is 11.5 Å². The lowest BCUT2D eigenvalue weighted by Crippen LogP contribution is -2.33. The Morgan fingerprint density at radius 2 is 1.92 bits per heavy atom. The Bertz CT molecular complexity index is 1260. The lowest BCUT2D eigenvalue weighted by atomic mass is 9.94. The summed E-state index contributed by atoms with van der Waals surface area (Å²) >= 11 is 0. The van der Waals surface area contributed by atoms with Gasteiger partial charge in [0.25, 0.3) is 5.91 Å². The van der Waals surface area contributed by atoms with Gasteiger partial charge >= 0.3 is 0 Å². The standard InChI is InChI=1S/C28H33N5O3/c1-18(2)20-5-6-26(36-4)25(14-20)21-11-19(16-33-28-30-9-10-31-28)12-22(13-21)27(34)32-17-23-15-24(35-3)7-8-29-23/h5-8,11-15,18H,9-10,16-17H2,1-4H3,(H,32,34)(H2,30,31,33). The summed E-state index contributed by atoms with van der Waals surface area (Å²) in [5.41, 5.74) is 5.31. The van der Waals surface area contributed by atoms with Crippen LogP contribution in [0.1, 0.15) is 46.9 Å². The van der Waals surface area contributed by atoms with Crippen LogP contribution in [0.3, 0.4) is 0 Å². The number of nitrogens with one attached hydrogen (secondary N) is 3. The molecule has 1 amide bonds. The second kappa shape index (κ2) is 11.6. The van der Waals surface area contributed by atoms with Crippen molar-refractivity contribution in [1.29, 1.82) is 0 Å². The van der Waals surface area contributed by atoms with Crippen LogP contribution in [0.25, 0.3) is 11.1 Å². The van der Waals surface area contributed by atoms with Crippen molar-refractivity contribution in [1.82, 2.24) is 20.9 Å². The molecule has 4 rings (SSSR count). The van der Waals surface area contributed by atoms with Crippen molar-refractivity contribution in [2.24, 2.45) is 4.99 Å². The van der Waals surface area contributed by atoms with Crippen LogP contribution in [-0.4, -0.2) is 44.2 Å². The van der Waals surface area contributed by atoms with Crippen LogP contribution < -0.4 is 25.4 Å². The summed E-state index contributed by atoms with van der Waals surface area (Å²) in [5, 5.41) is 9.53. The van der Waals surface area contributed by atoms with Crippen LogP contribution in [0.5, 0.6) is 11.5 Å². The van der Waals surface area contributed by atoms with Crippen LogP contribution in [-0.2, 0) is 13.1 Å². The number of amides is 1. The topological polar surface area (TPSA) is 96.9 Å². The predicted octanol–water partition coefficient (Wildman–Crippen LogP) is 3.87. The number of hydrogen-bond donors (Lipinski definition) is 3. The fraction of sp³-hybridized carbons (Fsp3) is 0.321. The molecule has 36 heavy (non-hydrogen) atoms. The highest BCUT2D eigenvalue weighted by Crippen LogP contribution is 2.34. The van der Waals surface area contributed by atoms with E-state index in [-0.39, 0.29) is 5.91 Å². The third-order valence-corrected chi connectivity index (χ3v) is 6.04. The third-order valence-electron chi connectivity index (χ3n) is 6.04. The number of carbonyl (C=O) groups is 1. The van der Waals surface area contributed by atoms with Crippen LogP contribution in [0.15, 0.2) is 59.7 Å². The molecule has 1 aromatic heterocycles. The zero-order chi connectivity index (χ0) is 25.5. The van der Waals surface area contributed by atoms with E-state index in [9.17, 15) is 4.79 Å². The van der Waals surface area contributed by atoms with Gasteiger partial charge in [-0.15, -0.1) is 0 Å². The van der Waals surface area contributed by atoms with Crippen LogP contribution in [0.4, 0.5) is 0 Å². The molecule has 0 bridgehead atoms. The van der Waals surface area contributed by atoms with E-state index >= 15 is 0 Å². The van der Waals surface area contributed by atoms with E-state index in [4.69, 9.17) is 9.47 Å². The van der Waals surface area contributed by atoms with Gasteiger partial charge in [0.2, 0.25) is 0 Å². The van der Waals surface area contributed by atoms with Gasteiger partial charge in [-0.1, -0.05) is 19.9 Å². The molecule has 0 atom stereocenters. The van der Waals surface area contributed by atoms with Crippen LogP contribution in [0, 0.1) is 0 Å². The Morgan fingerprint density at radius 3 is 2.64 bits per heavy atom. The first-order valence-corrected chi connectivity index (χ1v) is 12.1. The second-order valence-electron chi connectivity index (χ2n) is 8.91. The molecule has 0 radical (unpaired) electrons. The van der Waals surface area contributed by atoms with E-state index < -0.39 is 0 Å². The summed E-state index contributed by atoms with van der Waals surface area (Å²) in [6.07, 6.45) is 1.67. The fourth-order valence-electron chi connectivity index (χ4n) is 4.05. The van der Waals surface area contributed by atoms with Crippen molar-refractivity contribution in [3.05, 3.63) is 77.1 Å². The van der Waals surface area contributed by atoms with Crippen LogP contribution >= 0.6 is 0 Å². The summed E-state index contributed by atoms with van der Waals surface area (Å²) in [6, 6.07) is 15.7. The molecule has 2 heterocycles. The van der Waals surface area contributed by atoms with Gasteiger partial charge in [0.15, 0.2) is 5.96 Å². The van der Waals surface area contributed by atoms with Gasteiger partial charge in [-0.3, -0.25) is 14.8 Å². The molecule has 0 spiro atoms. The van der Waals surface area contributed by atoms with E-state index in [1.54, 1.807) is 26.5 Å². The number of nitrogens with zero attached hydrogens (tertiary/aromatic N) is 2. The minimum absolute atomic E-state index is 0.182. The normalized spacial score (nSPS) is 12.6. The lowest BCUT2D eigenvalue weighted by molar-refractivity contribution is 0.0950. The van der Waals surface area contributed by atoms with Crippen LogP contribution in [0.2, 0.25) is 0 Å². The molecule has 0 unspecified atom stereocenters. The quantitative estimate of drug-likeness (QED) is 0.424. The second-order valence-corrected chi connectivity index (χ2v) is 8.91. The molecule has 0 saturated heterocycles. The van der Waals surface area contributed by atoms with Gasteiger partial charge in [-0.25, -0.2) is 0 Å². The minimum Gasteiger partial charge on any atom is -0.497 e.